The Hall–Kier alpha value is -1.95. The second-order valence-electron chi connectivity index (χ2n) is 4.10. The summed E-state index contributed by atoms with van der Waals surface area (Å²) < 4.78 is 27.7. The molecule has 1 amide bonds. The highest BCUT2D eigenvalue weighted by molar-refractivity contribution is 9.10. The molecule has 0 aliphatic carbocycles. The monoisotopic (exact) mass is 340 g/mol. The molecule has 3 N–H and O–H groups in total. The molecule has 0 aliphatic rings. The number of nitrogens with one attached hydrogen (secondary N) is 1. The first-order chi connectivity index (χ1) is 9.50. The maximum atomic E-state index is 13.8. The molecule has 0 aromatic heterocycles. The van der Waals surface area contributed by atoms with Crippen molar-refractivity contribution in [1.29, 1.82) is 0 Å². The van der Waals surface area contributed by atoms with Crippen molar-refractivity contribution in [2.75, 3.05) is 5.32 Å². The van der Waals surface area contributed by atoms with Crippen molar-refractivity contribution in [1.82, 2.24) is 0 Å². The summed E-state index contributed by atoms with van der Waals surface area (Å²) in [6, 6.07) is 9.44. The SMILES string of the molecule is NC(=O)C(Nc1ccccc1Br)c1cccc(F)c1F. The summed E-state index contributed by atoms with van der Waals surface area (Å²) in [6.07, 6.45) is 0. The molecule has 1 atom stereocenters. The molecule has 20 heavy (non-hydrogen) atoms. The zero-order chi connectivity index (χ0) is 14.7. The van der Waals surface area contributed by atoms with Crippen LogP contribution in [0.25, 0.3) is 0 Å². The van der Waals surface area contributed by atoms with Gasteiger partial charge in [-0.05, 0) is 34.1 Å². The van der Waals surface area contributed by atoms with Gasteiger partial charge >= 0.3 is 0 Å². The lowest BCUT2D eigenvalue weighted by Gasteiger charge is -2.18. The lowest BCUT2D eigenvalue weighted by atomic mass is 10.0. The van der Waals surface area contributed by atoms with Crippen LogP contribution in [0.5, 0.6) is 0 Å². The van der Waals surface area contributed by atoms with E-state index in [-0.39, 0.29) is 5.56 Å². The van der Waals surface area contributed by atoms with Gasteiger partial charge in [0.05, 0.1) is 0 Å². The molecular formula is C14H11BrF2N2O. The number of rotatable bonds is 4. The molecule has 0 saturated heterocycles. The van der Waals surface area contributed by atoms with Crippen molar-refractivity contribution in [3.63, 3.8) is 0 Å². The number of para-hydroxylation sites is 1. The van der Waals surface area contributed by atoms with E-state index in [0.717, 1.165) is 6.07 Å². The summed E-state index contributed by atoms with van der Waals surface area (Å²) >= 11 is 3.30. The van der Waals surface area contributed by atoms with Gasteiger partial charge < -0.3 is 11.1 Å². The fourth-order valence-corrected chi connectivity index (χ4v) is 2.18. The van der Waals surface area contributed by atoms with E-state index in [9.17, 15) is 13.6 Å². The molecule has 3 nitrogen and oxygen atoms in total. The van der Waals surface area contributed by atoms with Crippen LogP contribution in [0.2, 0.25) is 0 Å². The van der Waals surface area contributed by atoms with Gasteiger partial charge in [-0.2, -0.15) is 0 Å². The molecule has 0 heterocycles. The van der Waals surface area contributed by atoms with Crippen LogP contribution in [0.3, 0.4) is 0 Å². The van der Waals surface area contributed by atoms with Gasteiger partial charge in [0, 0.05) is 15.7 Å². The Bertz CT molecular complexity index is 649. The normalized spacial score (nSPS) is 11.9. The van der Waals surface area contributed by atoms with Crippen LogP contribution in [0.4, 0.5) is 14.5 Å². The van der Waals surface area contributed by atoms with Crippen molar-refractivity contribution in [2.45, 2.75) is 6.04 Å². The van der Waals surface area contributed by atoms with Crippen LogP contribution in [-0.2, 0) is 4.79 Å². The molecule has 0 radical (unpaired) electrons. The molecule has 0 saturated carbocycles. The predicted octanol–water partition coefficient (Wildman–Crippen LogP) is 3.37. The fourth-order valence-electron chi connectivity index (χ4n) is 1.78. The first-order valence-electron chi connectivity index (χ1n) is 5.75. The summed E-state index contributed by atoms with van der Waals surface area (Å²) in [5.74, 6) is -2.91. The lowest BCUT2D eigenvalue weighted by Crippen LogP contribution is -2.28. The summed E-state index contributed by atoms with van der Waals surface area (Å²) in [6.45, 7) is 0. The van der Waals surface area contributed by atoms with E-state index in [1.54, 1.807) is 24.3 Å². The number of amides is 1. The molecule has 1 unspecified atom stereocenters. The number of primary amides is 1. The highest BCUT2D eigenvalue weighted by Gasteiger charge is 2.23. The van der Waals surface area contributed by atoms with Crippen LogP contribution in [-0.4, -0.2) is 5.91 Å². The number of benzene rings is 2. The predicted molar refractivity (Wildman–Crippen MR) is 76.1 cm³/mol. The minimum atomic E-state index is -1.16. The quantitative estimate of drug-likeness (QED) is 0.896. The van der Waals surface area contributed by atoms with Gasteiger partial charge in [-0.1, -0.05) is 24.3 Å². The van der Waals surface area contributed by atoms with E-state index >= 15 is 0 Å². The van der Waals surface area contributed by atoms with Crippen molar-refractivity contribution in [3.8, 4) is 0 Å². The Labute approximate surface area is 122 Å². The summed E-state index contributed by atoms with van der Waals surface area (Å²) in [7, 11) is 0. The third-order valence-corrected chi connectivity index (χ3v) is 3.44. The number of nitrogens with two attached hydrogens (primary N) is 1. The number of hydrogen-bond acceptors (Lipinski definition) is 2. The van der Waals surface area contributed by atoms with Crippen LogP contribution < -0.4 is 11.1 Å². The number of hydrogen-bond donors (Lipinski definition) is 2. The van der Waals surface area contributed by atoms with E-state index in [0.29, 0.717) is 10.2 Å². The highest BCUT2D eigenvalue weighted by atomic mass is 79.9. The fraction of sp³-hybridized carbons (Fsp3) is 0.0714. The van der Waals surface area contributed by atoms with Gasteiger partial charge in [-0.25, -0.2) is 8.78 Å². The van der Waals surface area contributed by atoms with Gasteiger partial charge in [-0.15, -0.1) is 0 Å². The van der Waals surface area contributed by atoms with Crippen LogP contribution >= 0.6 is 15.9 Å². The van der Waals surface area contributed by atoms with Gasteiger partial charge in [0.1, 0.15) is 6.04 Å². The molecule has 0 fully saturated rings. The number of halogens is 3. The van der Waals surface area contributed by atoms with Gasteiger partial charge in [0.15, 0.2) is 11.6 Å². The third-order valence-electron chi connectivity index (χ3n) is 2.75. The number of carbonyl (C=O) groups is 1. The van der Waals surface area contributed by atoms with Gasteiger partial charge in [0.2, 0.25) is 5.91 Å². The average Bonchev–Trinajstić information content (AvgIpc) is 2.41. The summed E-state index contributed by atoms with van der Waals surface area (Å²) in [4.78, 5) is 11.5. The zero-order valence-corrected chi connectivity index (χ0v) is 11.8. The van der Waals surface area contributed by atoms with Crippen molar-refractivity contribution in [3.05, 3.63) is 64.1 Å². The maximum Gasteiger partial charge on any atom is 0.244 e. The van der Waals surface area contributed by atoms with E-state index in [4.69, 9.17) is 5.73 Å². The van der Waals surface area contributed by atoms with E-state index in [2.05, 4.69) is 21.2 Å². The van der Waals surface area contributed by atoms with Crippen LogP contribution in [0.15, 0.2) is 46.9 Å². The Morgan fingerprint density at radius 3 is 2.50 bits per heavy atom. The third kappa shape index (κ3) is 2.96. The van der Waals surface area contributed by atoms with Crippen molar-refractivity contribution in [2.24, 2.45) is 5.73 Å². The minimum Gasteiger partial charge on any atom is -0.369 e. The van der Waals surface area contributed by atoms with E-state index in [1.807, 2.05) is 0 Å². The van der Waals surface area contributed by atoms with Gasteiger partial charge in [-0.3, -0.25) is 4.79 Å². The second-order valence-corrected chi connectivity index (χ2v) is 4.96. The summed E-state index contributed by atoms with van der Waals surface area (Å²) in [5, 5.41) is 2.80. The minimum absolute atomic E-state index is 0.131. The molecular weight excluding hydrogens is 330 g/mol. The molecule has 6 heteroatoms. The van der Waals surface area contributed by atoms with E-state index < -0.39 is 23.6 Å². The lowest BCUT2D eigenvalue weighted by molar-refractivity contribution is -0.118. The smallest absolute Gasteiger partial charge is 0.244 e. The topological polar surface area (TPSA) is 55.1 Å². The Balaban J connectivity index is 2.40. The molecule has 2 rings (SSSR count). The standard InChI is InChI=1S/C14H11BrF2N2O/c15-9-5-1-2-7-11(9)19-13(14(18)20)8-4-3-6-10(16)12(8)17/h1-7,13,19H,(H2,18,20). The Morgan fingerprint density at radius 2 is 1.85 bits per heavy atom. The Morgan fingerprint density at radius 1 is 1.15 bits per heavy atom. The van der Waals surface area contributed by atoms with Crippen molar-refractivity contribution < 1.29 is 13.6 Å². The molecule has 2 aromatic carbocycles. The van der Waals surface area contributed by atoms with E-state index in [1.165, 1.54) is 12.1 Å². The van der Waals surface area contributed by atoms with Crippen molar-refractivity contribution >= 4 is 27.5 Å². The second kappa shape index (κ2) is 6.00. The average molecular weight is 341 g/mol. The van der Waals surface area contributed by atoms with Crippen LogP contribution in [0.1, 0.15) is 11.6 Å². The highest BCUT2D eigenvalue weighted by Crippen LogP contribution is 2.28. The number of anilines is 1. The first-order valence-corrected chi connectivity index (χ1v) is 6.54. The van der Waals surface area contributed by atoms with Crippen LogP contribution in [0, 0.1) is 11.6 Å². The molecule has 0 bridgehead atoms. The molecule has 0 spiro atoms. The molecule has 0 aliphatic heterocycles. The molecule has 104 valence electrons. The largest absolute Gasteiger partial charge is 0.369 e. The summed E-state index contributed by atoms with van der Waals surface area (Å²) in [5.41, 5.74) is 5.70. The van der Waals surface area contributed by atoms with Gasteiger partial charge in [0.25, 0.3) is 0 Å². The number of carbonyl (C=O) groups excluding carboxylic acids is 1. The first kappa shape index (κ1) is 14.5. The maximum absolute atomic E-state index is 13.8. The molecule has 2 aromatic rings. The zero-order valence-electron chi connectivity index (χ0n) is 10.2. The Kier molecular flexibility index (Phi) is 4.34.